The second-order valence-corrected chi connectivity index (χ2v) is 2.67. The van der Waals surface area contributed by atoms with Gasteiger partial charge < -0.3 is 15.1 Å². The Morgan fingerprint density at radius 3 is 2.10 bits per heavy atom. The van der Waals surface area contributed by atoms with Crippen LogP contribution in [-0.2, 0) is 4.79 Å². The zero-order chi connectivity index (χ0) is 8.31. The van der Waals surface area contributed by atoms with Crippen LogP contribution in [0, 0.1) is 0 Å². The van der Waals surface area contributed by atoms with E-state index in [0.29, 0.717) is 0 Å². The molecule has 0 amide bonds. The van der Waals surface area contributed by atoms with Gasteiger partial charge in [0.25, 0.3) is 5.29 Å². The molecule has 10 heavy (non-hydrogen) atoms. The number of carboxylic acid groups (broad SMARTS) is 1. The van der Waals surface area contributed by atoms with Crippen LogP contribution in [0.2, 0.25) is 0 Å². The maximum Gasteiger partial charge on any atom is 0.379 e. The molecule has 0 bridgehead atoms. The predicted octanol–water partition coefficient (Wildman–Crippen LogP) is -1.71. The summed E-state index contributed by atoms with van der Waals surface area (Å²) in [5, 5.41) is 16.0. The summed E-state index contributed by atoms with van der Waals surface area (Å²) in [6.45, 7) is 1.12. The first-order chi connectivity index (χ1) is 4.46. The summed E-state index contributed by atoms with van der Waals surface area (Å²) >= 11 is 0. The smallest absolute Gasteiger partial charge is 0.379 e. The minimum absolute atomic E-state index is 0.769. The zero-order valence-corrected chi connectivity index (χ0v) is 6.08. The Balaban J connectivity index is 4.61. The Bertz CT molecular complexity index is 168. The number of carboxylic acids is 1. The first-order valence-corrected chi connectivity index (χ1v) is 3.62. The maximum atomic E-state index is 10.2. The van der Waals surface area contributed by atoms with Gasteiger partial charge in [0.05, 0.1) is 0 Å². The highest BCUT2D eigenvalue weighted by molar-refractivity contribution is 7.48. The van der Waals surface area contributed by atoms with Gasteiger partial charge in [0, 0.05) is 0 Å². The van der Waals surface area contributed by atoms with Gasteiger partial charge in [-0.05, 0) is 6.92 Å². The van der Waals surface area contributed by atoms with Crippen molar-refractivity contribution < 1.29 is 24.8 Å². The summed E-state index contributed by atoms with van der Waals surface area (Å²) in [6, 6.07) is 0. The molecule has 2 unspecified atom stereocenters. The van der Waals surface area contributed by atoms with Crippen LogP contribution in [0.4, 0.5) is 0 Å². The standard InChI is InChI=1S/C4H7O5P/c1-2(5)3(4(6)7)10(8)9/h2,5H,1H3,(H,6,7)(H,8,9). The normalized spacial score (nSPS) is 16.0. The largest absolute Gasteiger partial charge is 0.603 e. The van der Waals surface area contributed by atoms with Crippen molar-refractivity contribution >= 4 is 19.3 Å². The van der Waals surface area contributed by atoms with Gasteiger partial charge in [-0.2, -0.15) is 4.89 Å². The van der Waals surface area contributed by atoms with Crippen LogP contribution in [0.3, 0.4) is 0 Å². The van der Waals surface area contributed by atoms with Crippen molar-refractivity contribution in [2.75, 3.05) is 0 Å². The topological polar surface area (TPSA) is 101 Å². The number of hydrogen-bond acceptors (Lipinski definition) is 4. The molecule has 0 rings (SSSR count). The predicted molar refractivity (Wildman–Crippen MR) is 33.5 cm³/mol. The van der Waals surface area contributed by atoms with E-state index in [4.69, 9.17) is 15.1 Å². The monoisotopic (exact) mass is 166 g/mol. The maximum absolute atomic E-state index is 10.2. The molecule has 58 valence electrons. The molecule has 2 atom stereocenters. The SMILES string of the molecule is CC(O)C(C(=O)O)=[P+]([O-])O. The third-order valence-electron chi connectivity index (χ3n) is 0.821. The lowest BCUT2D eigenvalue weighted by molar-refractivity contribution is -0.168. The summed E-state index contributed by atoms with van der Waals surface area (Å²) in [5.41, 5.74) is 0. The Kier molecular flexibility index (Phi) is 3.46. The Morgan fingerprint density at radius 1 is 1.70 bits per heavy atom. The second kappa shape index (κ2) is 3.63. The first kappa shape index (κ1) is 9.52. The fourth-order valence-corrected chi connectivity index (χ4v) is 0.904. The van der Waals surface area contributed by atoms with Crippen molar-refractivity contribution in [1.29, 1.82) is 0 Å². The molecule has 0 heterocycles. The van der Waals surface area contributed by atoms with Gasteiger partial charge in [-0.15, -0.1) is 0 Å². The van der Waals surface area contributed by atoms with E-state index in [1.54, 1.807) is 0 Å². The molecule has 6 heteroatoms. The summed E-state index contributed by atoms with van der Waals surface area (Å²) in [6.07, 6.45) is -1.38. The molecule has 0 aromatic carbocycles. The molecule has 0 aliphatic carbocycles. The molecular weight excluding hydrogens is 159 g/mol. The first-order valence-electron chi connectivity index (χ1n) is 2.41. The van der Waals surface area contributed by atoms with Crippen LogP contribution in [0.5, 0.6) is 0 Å². The zero-order valence-electron chi connectivity index (χ0n) is 5.18. The van der Waals surface area contributed by atoms with Gasteiger partial charge in [0.2, 0.25) is 8.00 Å². The number of rotatable bonds is 2. The third kappa shape index (κ3) is 2.41. The summed E-state index contributed by atoms with van der Waals surface area (Å²) in [5.74, 6) is -1.54. The Labute approximate surface area is 58.1 Å². The molecule has 0 aromatic heterocycles. The van der Waals surface area contributed by atoms with E-state index in [1.165, 1.54) is 0 Å². The molecule has 0 aromatic rings. The highest BCUT2D eigenvalue weighted by Gasteiger charge is 2.23. The van der Waals surface area contributed by atoms with E-state index in [-0.39, 0.29) is 0 Å². The third-order valence-corrected chi connectivity index (χ3v) is 1.80. The van der Waals surface area contributed by atoms with Gasteiger partial charge in [-0.3, -0.25) is 0 Å². The molecular formula is C4H7O5P. The molecule has 0 aliphatic rings. The molecule has 0 fully saturated rings. The molecule has 5 nitrogen and oxygen atoms in total. The Hall–Kier alpha value is -0.480. The fourth-order valence-electron chi connectivity index (χ4n) is 0.420. The number of aliphatic hydroxyl groups is 1. The van der Waals surface area contributed by atoms with Crippen molar-refractivity contribution in [3.05, 3.63) is 0 Å². The van der Waals surface area contributed by atoms with Crippen molar-refractivity contribution in [2.24, 2.45) is 0 Å². The van der Waals surface area contributed by atoms with E-state index in [1.807, 2.05) is 0 Å². The van der Waals surface area contributed by atoms with Crippen LogP contribution in [0.25, 0.3) is 0 Å². The second-order valence-electron chi connectivity index (χ2n) is 1.64. The molecule has 0 spiro atoms. The number of aliphatic carboxylic acids is 1. The summed E-state index contributed by atoms with van der Waals surface area (Å²) < 4.78 is 0. The van der Waals surface area contributed by atoms with Crippen molar-refractivity contribution in [2.45, 2.75) is 13.0 Å². The quantitative estimate of drug-likeness (QED) is 0.424. The van der Waals surface area contributed by atoms with Crippen molar-refractivity contribution in [3.8, 4) is 0 Å². The van der Waals surface area contributed by atoms with Gasteiger partial charge in [-0.25, -0.2) is 4.79 Å². The van der Waals surface area contributed by atoms with Crippen LogP contribution in [0.15, 0.2) is 0 Å². The summed E-state index contributed by atoms with van der Waals surface area (Å²) in [7, 11) is -2.93. The molecule has 0 aliphatic heterocycles. The lowest BCUT2D eigenvalue weighted by Gasteiger charge is -1.99. The molecule has 0 saturated carbocycles. The minimum atomic E-state index is -2.93. The Morgan fingerprint density at radius 2 is 2.10 bits per heavy atom. The lowest BCUT2D eigenvalue weighted by Crippen LogP contribution is -2.26. The van der Waals surface area contributed by atoms with Crippen LogP contribution < -0.4 is 4.89 Å². The lowest BCUT2D eigenvalue weighted by atomic mass is 10.3. The van der Waals surface area contributed by atoms with Crippen LogP contribution >= 0.6 is 8.00 Å². The summed E-state index contributed by atoms with van der Waals surface area (Å²) in [4.78, 5) is 28.5. The number of aliphatic hydroxyl groups excluding tert-OH is 1. The highest BCUT2D eigenvalue weighted by atomic mass is 31.1. The van der Waals surface area contributed by atoms with E-state index in [2.05, 4.69) is 0 Å². The van der Waals surface area contributed by atoms with Gasteiger partial charge in [0.1, 0.15) is 6.10 Å². The van der Waals surface area contributed by atoms with Crippen molar-refractivity contribution in [1.82, 2.24) is 0 Å². The number of hydrogen-bond donors (Lipinski definition) is 3. The number of carbonyl (C=O) groups is 1. The highest BCUT2D eigenvalue weighted by Crippen LogP contribution is 2.08. The average Bonchev–Trinajstić information content (AvgIpc) is 1.59. The molecule has 3 N–H and O–H groups in total. The van der Waals surface area contributed by atoms with E-state index in [0.717, 1.165) is 6.92 Å². The van der Waals surface area contributed by atoms with Gasteiger partial charge in [0.15, 0.2) is 0 Å². The average molecular weight is 166 g/mol. The van der Waals surface area contributed by atoms with Crippen molar-refractivity contribution in [3.63, 3.8) is 0 Å². The van der Waals surface area contributed by atoms with Gasteiger partial charge >= 0.3 is 5.97 Å². The van der Waals surface area contributed by atoms with E-state index < -0.39 is 25.4 Å². The minimum Gasteiger partial charge on any atom is -0.603 e. The van der Waals surface area contributed by atoms with Crippen LogP contribution in [0.1, 0.15) is 6.92 Å². The fraction of sp³-hybridized carbons (Fsp3) is 0.500. The molecule has 0 saturated heterocycles. The molecule has 0 radical (unpaired) electrons. The van der Waals surface area contributed by atoms with E-state index >= 15 is 0 Å². The van der Waals surface area contributed by atoms with E-state index in [9.17, 15) is 9.69 Å². The van der Waals surface area contributed by atoms with Gasteiger partial charge in [-0.1, -0.05) is 0 Å². The van der Waals surface area contributed by atoms with Crippen LogP contribution in [-0.4, -0.2) is 32.5 Å².